The summed E-state index contributed by atoms with van der Waals surface area (Å²) in [6.07, 6.45) is 7.92. The molecule has 0 aliphatic heterocycles. The molecule has 0 radical (unpaired) electrons. The molecule has 0 spiro atoms. The van der Waals surface area contributed by atoms with E-state index in [2.05, 4.69) is 17.1 Å². The summed E-state index contributed by atoms with van der Waals surface area (Å²) >= 11 is 0. The molecule has 0 aliphatic rings. The zero-order valence-electron chi connectivity index (χ0n) is 12.7. The summed E-state index contributed by atoms with van der Waals surface area (Å²) in [5.74, 6) is 5.77. The first-order chi connectivity index (χ1) is 10.2. The monoisotopic (exact) mass is 300 g/mol. The van der Waals surface area contributed by atoms with Crippen molar-refractivity contribution < 1.29 is 13.5 Å². The van der Waals surface area contributed by atoms with Crippen molar-refractivity contribution in [1.29, 1.82) is 0 Å². The molecular weight excluding hydrogens is 274 g/mol. The summed E-state index contributed by atoms with van der Waals surface area (Å²) in [7, 11) is 0. The Morgan fingerprint density at radius 3 is 2.43 bits per heavy atom. The van der Waals surface area contributed by atoms with E-state index < -0.39 is 6.61 Å². The van der Waals surface area contributed by atoms with Crippen LogP contribution in [-0.2, 0) is 0 Å². The van der Waals surface area contributed by atoms with Gasteiger partial charge in [0.25, 0.3) is 0 Å². The topological polar surface area (TPSA) is 47.3 Å². The van der Waals surface area contributed by atoms with Crippen LogP contribution >= 0.6 is 0 Å². The molecular formula is C16H26F2N2O. The molecule has 0 fully saturated rings. The van der Waals surface area contributed by atoms with Crippen molar-refractivity contribution in [2.45, 2.75) is 64.5 Å². The Bertz CT molecular complexity index is 388. The predicted octanol–water partition coefficient (Wildman–Crippen LogP) is 4.54. The fourth-order valence-electron chi connectivity index (χ4n) is 2.43. The van der Waals surface area contributed by atoms with Crippen molar-refractivity contribution >= 4 is 0 Å². The summed E-state index contributed by atoms with van der Waals surface area (Å²) in [6, 6.07) is 6.65. The van der Waals surface area contributed by atoms with Gasteiger partial charge in [0.1, 0.15) is 5.75 Å². The Labute approximate surface area is 125 Å². The van der Waals surface area contributed by atoms with E-state index >= 15 is 0 Å². The molecule has 1 aromatic rings. The maximum atomic E-state index is 12.4. The maximum Gasteiger partial charge on any atom is 0.387 e. The van der Waals surface area contributed by atoms with Crippen LogP contribution in [0, 0.1) is 0 Å². The van der Waals surface area contributed by atoms with Crippen LogP contribution in [0.25, 0.3) is 0 Å². The molecule has 5 heteroatoms. The highest BCUT2D eigenvalue weighted by Crippen LogP contribution is 2.29. The first-order valence-corrected chi connectivity index (χ1v) is 7.68. The molecule has 0 bridgehead atoms. The molecule has 21 heavy (non-hydrogen) atoms. The molecule has 1 atom stereocenters. The van der Waals surface area contributed by atoms with Crippen LogP contribution in [-0.4, -0.2) is 6.61 Å². The highest BCUT2D eigenvalue weighted by atomic mass is 19.3. The average Bonchev–Trinajstić information content (AvgIpc) is 2.47. The molecule has 0 saturated heterocycles. The van der Waals surface area contributed by atoms with E-state index in [0.717, 1.165) is 19.3 Å². The number of rotatable bonds is 11. The third-order valence-electron chi connectivity index (χ3n) is 3.56. The highest BCUT2D eigenvalue weighted by Gasteiger charge is 2.16. The minimum Gasteiger partial charge on any atom is -0.434 e. The summed E-state index contributed by atoms with van der Waals surface area (Å²) in [5, 5.41) is 0. The van der Waals surface area contributed by atoms with Gasteiger partial charge in [-0.05, 0) is 12.5 Å². The Morgan fingerprint density at radius 1 is 1.10 bits per heavy atom. The van der Waals surface area contributed by atoms with Gasteiger partial charge in [-0.25, -0.2) is 0 Å². The second-order valence-electron chi connectivity index (χ2n) is 5.19. The Morgan fingerprint density at radius 2 is 1.76 bits per heavy atom. The van der Waals surface area contributed by atoms with Crippen LogP contribution in [0.15, 0.2) is 24.3 Å². The van der Waals surface area contributed by atoms with Crippen molar-refractivity contribution in [1.82, 2.24) is 5.43 Å². The third kappa shape index (κ3) is 6.87. The van der Waals surface area contributed by atoms with Gasteiger partial charge in [0, 0.05) is 11.6 Å². The number of ether oxygens (including phenoxy) is 1. The minimum atomic E-state index is -2.82. The number of hydrazine groups is 1. The van der Waals surface area contributed by atoms with E-state index in [1.807, 2.05) is 0 Å². The highest BCUT2D eigenvalue weighted by molar-refractivity contribution is 5.35. The summed E-state index contributed by atoms with van der Waals surface area (Å²) in [4.78, 5) is 0. The number of nitrogens with one attached hydrogen (secondary N) is 1. The second kappa shape index (κ2) is 10.5. The second-order valence-corrected chi connectivity index (χ2v) is 5.19. The van der Waals surface area contributed by atoms with E-state index in [1.165, 1.54) is 25.7 Å². The number of nitrogens with two attached hydrogens (primary N) is 1. The Kier molecular flexibility index (Phi) is 8.94. The fourth-order valence-corrected chi connectivity index (χ4v) is 2.43. The number of para-hydroxylation sites is 1. The van der Waals surface area contributed by atoms with E-state index in [9.17, 15) is 8.78 Å². The molecule has 0 aromatic heterocycles. The van der Waals surface area contributed by atoms with Crippen molar-refractivity contribution in [2.24, 2.45) is 5.84 Å². The molecule has 1 rings (SSSR count). The Hall–Kier alpha value is -1.20. The number of hydrogen-bond acceptors (Lipinski definition) is 3. The summed E-state index contributed by atoms with van der Waals surface area (Å²) in [6.45, 7) is -0.632. The van der Waals surface area contributed by atoms with Gasteiger partial charge in [-0.15, -0.1) is 0 Å². The van der Waals surface area contributed by atoms with Crippen LogP contribution < -0.4 is 16.0 Å². The molecule has 1 aromatic carbocycles. The van der Waals surface area contributed by atoms with E-state index in [0.29, 0.717) is 5.56 Å². The van der Waals surface area contributed by atoms with Crippen LogP contribution in [0.1, 0.15) is 63.5 Å². The molecule has 120 valence electrons. The van der Waals surface area contributed by atoms with Crippen molar-refractivity contribution in [3.8, 4) is 5.75 Å². The average molecular weight is 300 g/mol. The smallest absolute Gasteiger partial charge is 0.387 e. The zero-order chi connectivity index (χ0) is 15.5. The molecule has 0 aliphatic carbocycles. The first kappa shape index (κ1) is 17.9. The lowest BCUT2D eigenvalue weighted by atomic mass is 9.99. The van der Waals surface area contributed by atoms with Gasteiger partial charge in [0.05, 0.1) is 0 Å². The van der Waals surface area contributed by atoms with Gasteiger partial charge in [-0.3, -0.25) is 11.3 Å². The fraction of sp³-hybridized carbons (Fsp3) is 0.625. The minimum absolute atomic E-state index is 0.161. The first-order valence-electron chi connectivity index (χ1n) is 7.68. The van der Waals surface area contributed by atoms with E-state index in [-0.39, 0.29) is 11.8 Å². The lowest BCUT2D eigenvalue weighted by molar-refractivity contribution is -0.0507. The summed E-state index contributed by atoms with van der Waals surface area (Å²) < 4.78 is 29.4. The van der Waals surface area contributed by atoms with Gasteiger partial charge in [-0.2, -0.15) is 8.78 Å². The van der Waals surface area contributed by atoms with Crippen LogP contribution in [0.5, 0.6) is 5.75 Å². The SMILES string of the molecule is CCCCCCCCC(NN)c1ccccc1OC(F)F. The van der Waals surface area contributed by atoms with Crippen LogP contribution in [0.4, 0.5) is 8.78 Å². The molecule has 3 nitrogen and oxygen atoms in total. The largest absolute Gasteiger partial charge is 0.434 e. The number of halogens is 2. The lowest BCUT2D eigenvalue weighted by Gasteiger charge is -2.19. The summed E-state index contributed by atoms with van der Waals surface area (Å²) in [5.41, 5.74) is 3.40. The third-order valence-corrected chi connectivity index (χ3v) is 3.56. The molecule has 1 unspecified atom stereocenters. The van der Waals surface area contributed by atoms with E-state index in [4.69, 9.17) is 5.84 Å². The van der Waals surface area contributed by atoms with Gasteiger partial charge in [-0.1, -0.05) is 63.6 Å². The van der Waals surface area contributed by atoms with Crippen molar-refractivity contribution in [2.75, 3.05) is 0 Å². The lowest BCUT2D eigenvalue weighted by Crippen LogP contribution is -2.28. The zero-order valence-corrected chi connectivity index (χ0v) is 12.7. The van der Waals surface area contributed by atoms with Crippen molar-refractivity contribution in [3.63, 3.8) is 0 Å². The van der Waals surface area contributed by atoms with Gasteiger partial charge < -0.3 is 4.74 Å². The molecule has 0 heterocycles. The van der Waals surface area contributed by atoms with Gasteiger partial charge >= 0.3 is 6.61 Å². The van der Waals surface area contributed by atoms with E-state index in [1.54, 1.807) is 24.3 Å². The predicted molar refractivity (Wildman–Crippen MR) is 81.1 cm³/mol. The van der Waals surface area contributed by atoms with Crippen LogP contribution in [0.2, 0.25) is 0 Å². The van der Waals surface area contributed by atoms with Crippen molar-refractivity contribution in [3.05, 3.63) is 29.8 Å². The molecule has 0 amide bonds. The quantitative estimate of drug-likeness (QED) is 0.358. The number of alkyl halides is 2. The normalized spacial score (nSPS) is 12.6. The standard InChI is InChI=1S/C16H26F2N2O/c1-2-3-4-5-6-7-11-14(20-19)13-10-8-9-12-15(13)21-16(17)18/h8-10,12,14,16,20H,2-7,11,19H2,1H3. The maximum absolute atomic E-state index is 12.4. The molecule has 0 saturated carbocycles. The van der Waals surface area contributed by atoms with Crippen LogP contribution in [0.3, 0.4) is 0 Å². The van der Waals surface area contributed by atoms with Gasteiger partial charge in [0.15, 0.2) is 0 Å². The number of hydrogen-bond donors (Lipinski definition) is 2. The number of benzene rings is 1. The van der Waals surface area contributed by atoms with Gasteiger partial charge in [0.2, 0.25) is 0 Å². The molecule has 3 N–H and O–H groups in total. The Balaban J connectivity index is 2.51. The number of unbranched alkanes of at least 4 members (excludes halogenated alkanes) is 5.